The summed E-state index contributed by atoms with van der Waals surface area (Å²) in [7, 11) is 0. The van der Waals surface area contributed by atoms with Crippen LogP contribution in [0.5, 0.6) is 0 Å². The SMILES string of the molecule is C=C1C/C(=C/C)C(=O)O[C@@H]2CCN3CC=C(COC(=O)[C@@]1(O)CO)C23. The van der Waals surface area contributed by atoms with Crippen LogP contribution in [0.25, 0.3) is 0 Å². The number of carbonyl (C=O) groups excluding carboxylic acids is 2. The van der Waals surface area contributed by atoms with Crippen LogP contribution in [0.3, 0.4) is 0 Å². The summed E-state index contributed by atoms with van der Waals surface area (Å²) in [5, 5.41) is 20.1. The standard InChI is InChI=1S/C18H23NO6/c1-3-12-8-11(2)18(23,10-20)17(22)24-9-13-4-6-19-7-5-14(15(13)19)25-16(12)21/h3-4,14-15,20,23H,2,5-10H2,1H3/b12-3-/t14-,15?,18-/m1/s1. The van der Waals surface area contributed by atoms with E-state index in [-0.39, 0.29) is 36.3 Å². The highest BCUT2D eigenvalue weighted by atomic mass is 16.6. The Balaban J connectivity index is 1.94. The lowest BCUT2D eigenvalue weighted by Gasteiger charge is -2.29. The number of aliphatic hydroxyl groups is 2. The van der Waals surface area contributed by atoms with Crippen LogP contribution in [0.1, 0.15) is 19.8 Å². The van der Waals surface area contributed by atoms with Crippen molar-refractivity contribution in [1.29, 1.82) is 0 Å². The van der Waals surface area contributed by atoms with E-state index in [4.69, 9.17) is 9.47 Å². The Morgan fingerprint density at radius 2 is 2.24 bits per heavy atom. The Labute approximate surface area is 146 Å². The Bertz CT molecular complexity index is 666. The third-order valence-corrected chi connectivity index (χ3v) is 5.21. The fourth-order valence-electron chi connectivity index (χ4n) is 3.60. The summed E-state index contributed by atoms with van der Waals surface area (Å²) in [6, 6.07) is -0.111. The zero-order chi connectivity index (χ0) is 18.2. The highest BCUT2D eigenvalue weighted by Crippen LogP contribution is 2.33. The van der Waals surface area contributed by atoms with Crippen molar-refractivity contribution in [1.82, 2.24) is 4.90 Å². The number of ether oxygens (including phenoxy) is 2. The van der Waals surface area contributed by atoms with Crippen LogP contribution in [0.2, 0.25) is 0 Å². The average Bonchev–Trinajstić information content (AvgIpc) is 3.18. The summed E-state index contributed by atoms with van der Waals surface area (Å²) in [6.45, 7) is 5.98. The van der Waals surface area contributed by atoms with Gasteiger partial charge in [0.2, 0.25) is 5.60 Å². The molecule has 7 nitrogen and oxygen atoms in total. The van der Waals surface area contributed by atoms with Crippen molar-refractivity contribution in [2.24, 2.45) is 0 Å². The second-order valence-electron chi connectivity index (χ2n) is 6.64. The minimum absolute atomic E-state index is 0.00405. The van der Waals surface area contributed by atoms with E-state index >= 15 is 0 Å². The number of hydrogen-bond donors (Lipinski definition) is 2. The van der Waals surface area contributed by atoms with Gasteiger partial charge in [-0.05, 0) is 24.5 Å². The first kappa shape index (κ1) is 17.8. The summed E-state index contributed by atoms with van der Waals surface area (Å²) in [4.78, 5) is 27.1. The number of esters is 2. The molecule has 2 saturated heterocycles. The van der Waals surface area contributed by atoms with E-state index < -0.39 is 24.1 Å². The first-order chi connectivity index (χ1) is 11.9. The molecule has 3 aliphatic heterocycles. The molecule has 3 heterocycles. The van der Waals surface area contributed by atoms with Crippen LogP contribution < -0.4 is 0 Å². The lowest BCUT2D eigenvalue weighted by atomic mass is 9.90. The quantitative estimate of drug-likeness (QED) is 0.393. The number of cyclic esters (lactones) is 1. The lowest BCUT2D eigenvalue weighted by Crippen LogP contribution is -2.46. The van der Waals surface area contributed by atoms with Gasteiger partial charge in [-0.3, -0.25) is 4.90 Å². The largest absolute Gasteiger partial charge is 0.459 e. The fourth-order valence-corrected chi connectivity index (χ4v) is 3.60. The van der Waals surface area contributed by atoms with Gasteiger partial charge >= 0.3 is 11.9 Å². The van der Waals surface area contributed by atoms with Gasteiger partial charge in [0, 0.05) is 25.1 Å². The molecule has 0 bridgehead atoms. The van der Waals surface area contributed by atoms with Gasteiger partial charge in [-0.2, -0.15) is 0 Å². The van der Waals surface area contributed by atoms with E-state index in [0.29, 0.717) is 6.54 Å². The van der Waals surface area contributed by atoms with E-state index in [0.717, 1.165) is 18.5 Å². The maximum absolute atomic E-state index is 12.5. The van der Waals surface area contributed by atoms with Gasteiger partial charge in [0.1, 0.15) is 12.7 Å². The van der Waals surface area contributed by atoms with Gasteiger partial charge in [0.25, 0.3) is 0 Å². The predicted molar refractivity (Wildman–Crippen MR) is 88.4 cm³/mol. The van der Waals surface area contributed by atoms with Gasteiger partial charge in [-0.15, -0.1) is 0 Å². The Morgan fingerprint density at radius 3 is 2.92 bits per heavy atom. The fraction of sp³-hybridized carbons (Fsp3) is 0.556. The maximum Gasteiger partial charge on any atom is 0.345 e. The molecular weight excluding hydrogens is 326 g/mol. The minimum Gasteiger partial charge on any atom is -0.459 e. The molecule has 3 aliphatic rings. The lowest BCUT2D eigenvalue weighted by molar-refractivity contribution is -0.164. The van der Waals surface area contributed by atoms with Crippen molar-refractivity contribution < 1.29 is 29.3 Å². The molecule has 0 aromatic rings. The molecule has 2 N–H and O–H groups in total. The van der Waals surface area contributed by atoms with Gasteiger partial charge < -0.3 is 19.7 Å². The zero-order valence-electron chi connectivity index (χ0n) is 14.2. The molecule has 0 spiro atoms. The van der Waals surface area contributed by atoms with Gasteiger partial charge in [0.05, 0.1) is 12.6 Å². The summed E-state index contributed by atoms with van der Waals surface area (Å²) in [5.74, 6) is -1.45. The highest BCUT2D eigenvalue weighted by Gasteiger charge is 2.45. The first-order valence-corrected chi connectivity index (χ1v) is 8.38. The number of rotatable bonds is 1. The Morgan fingerprint density at radius 1 is 1.48 bits per heavy atom. The van der Waals surface area contributed by atoms with Crippen LogP contribution in [-0.4, -0.2) is 71.1 Å². The molecule has 0 amide bonds. The van der Waals surface area contributed by atoms with Crippen molar-refractivity contribution in [3.63, 3.8) is 0 Å². The van der Waals surface area contributed by atoms with Crippen LogP contribution in [0.15, 0.2) is 35.5 Å². The molecule has 0 saturated carbocycles. The summed E-state index contributed by atoms with van der Waals surface area (Å²) in [6.07, 6.45) is 3.87. The molecule has 136 valence electrons. The number of nitrogens with zero attached hydrogens (tertiary/aromatic N) is 1. The van der Waals surface area contributed by atoms with Crippen molar-refractivity contribution >= 4 is 11.9 Å². The second kappa shape index (κ2) is 6.74. The number of hydrogen-bond acceptors (Lipinski definition) is 7. The normalized spacial score (nSPS) is 35.6. The van der Waals surface area contributed by atoms with E-state index in [9.17, 15) is 19.8 Å². The molecule has 25 heavy (non-hydrogen) atoms. The summed E-state index contributed by atoms with van der Waals surface area (Å²) >= 11 is 0. The first-order valence-electron chi connectivity index (χ1n) is 8.38. The predicted octanol–water partition coefficient (Wildman–Crippen LogP) is 0.0853. The van der Waals surface area contributed by atoms with E-state index in [1.807, 2.05) is 6.08 Å². The molecule has 3 rings (SSSR count). The van der Waals surface area contributed by atoms with Crippen LogP contribution in [0.4, 0.5) is 0 Å². The molecule has 2 fully saturated rings. The van der Waals surface area contributed by atoms with Crippen molar-refractivity contribution in [2.45, 2.75) is 37.5 Å². The molecular formula is C18H23NO6. The zero-order valence-corrected chi connectivity index (χ0v) is 14.2. The van der Waals surface area contributed by atoms with E-state index in [1.54, 1.807) is 13.0 Å². The molecule has 0 aromatic heterocycles. The third-order valence-electron chi connectivity index (χ3n) is 5.21. The molecule has 3 atom stereocenters. The van der Waals surface area contributed by atoms with Crippen molar-refractivity contribution in [3.8, 4) is 0 Å². The molecule has 0 aromatic carbocycles. The number of carbonyl (C=O) groups is 2. The van der Waals surface area contributed by atoms with Crippen molar-refractivity contribution in [2.75, 3.05) is 26.3 Å². The van der Waals surface area contributed by atoms with Crippen LogP contribution in [0, 0.1) is 0 Å². The monoisotopic (exact) mass is 349 g/mol. The topological polar surface area (TPSA) is 96.3 Å². The number of allylic oxidation sites excluding steroid dienone is 1. The van der Waals surface area contributed by atoms with E-state index in [1.165, 1.54) is 0 Å². The summed E-state index contributed by atoms with van der Waals surface area (Å²) < 4.78 is 11.0. The highest BCUT2D eigenvalue weighted by molar-refractivity contribution is 5.90. The summed E-state index contributed by atoms with van der Waals surface area (Å²) in [5.41, 5.74) is -1.12. The van der Waals surface area contributed by atoms with Crippen LogP contribution in [-0.2, 0) is 19.1 Å². The average molecular weight is 349 g/mol. The molecule has 0 radical (unpaired) electrons. The molecule has 1 unspecified atom stereocenters. The minimum atomic E-state index is -2.25. The van der Waals surface area contributed by atoms with Crippen LogP contribution >= 0.6 is 0 Å². The second-order valence-corrected chi connectivity index (χ2v) is 6.64. The van der Waals surface area contributed by atoms with Gasteiger partial charge in [-0.1, -0.05) is 18.7 Å². The molecule has 0 aliphatic carbocycles. The van der Waals surface area contributed by atoms with Crippen molar-refractivity contribution in [3.05, 3.63) is 35.5 Å². The van der Waals surface area contributed by atoms with E-state index in [2.05, 4.69) is 11.5 Å². The Hall–Kier alpha value is -1.96. The van der Waals surface area contributed by atoms with Gasteiger partial charge in [-0.25, -0.2) is 9.59 Å². The maximum atomic E-state index is 12.5. The van der Waals surface area contributed by atoms with Gasteiger partial charge in [0.15, 0.2) is 0 Å². The third kappa shape index (κ3) is 3.03. The molecule has 7 heteroatoms. The number of aliphatic hydroxyl groups excluding tert-OH is 1. The smallest absolute Gasteiger partial charge is 0.345 e. The Kier molecular flexibility index (Phi) is 4.81.